The largest absolute Gasteiger partial charge is 0.497 e. The number of carbonyl (C=O) groups excluding carboxylic acids is 1. The van der Waals surface area contributed by atoms with Gasteiger partial charge in [0.05, 0.1) is 12.7 Å². The van der Waals surface area contributed by atoms with Gasteiger partial charge in [-0.3, -0.25) is 9.80 Å². The first-order valence-electron chi connectivity index (χ1n) is 10.9. The fourth-order valence-electron chi connectivity index (χ4n) is 4.75. The van der Waals surface area contributed by atoms with Crippen LogP contribution in [0.4, 0.5) is 23.7 Å². The minimum Gasteiger partial charge on any atom is -0.497 e. The Morgan fingerprint density at radius 2 is 1.82 bits per heavy atom. The van der Waals surface area contributed by atoms with Crippen LogP contribution in [0.5, 0.6) is 5.75 Å². The molecule has 0 radical (unpaired) electrons. The predicted molar refractivity (Wildman–Crippen MR) is 117 cm³/mol. The van der Waals surface area contributed by atoms with E-state index in [-0.39, 0.29) is 18.7 Å². The molecule has 2 amide bonds. The van der Waals surface area contributed by atoms with Gasteiger partial charge in [-0.1, -0.05) is 18.2 Å². The number of ether oxygens (including phenoxy) is 1. The van der Waals surface area contributed by atoms with E-state index in [1.54, 1.807) is 30.5 Å². The number of benzene rings is 2. The van der Waals surface area contributed by atoms with Gasteiger partial charge in [-0.2, -0.15) is 13.2 Å². The average Bonchev–Trinajstić information content (AvgIpc) is 3.19. The molecule has 2 atom stereocenters. The summed E-state index contributed by atoms with van der Waals surface area (Å²) in [7, 11) is 1.65. The first kappa shape index (κ1) is 21.6. The van der Waals surface area contributed by atoms with Gasteiger partial charge >= 0.3 is 12.2 Å². The van der Waals surface area contributed by atoms with Crippen molar-refractivity contribution in [2.24, 2.45) is 11.8 Å². The fourth-order valence-corrected chi connectivity index (χ4v) is 4.75. The van der Waals surface area contributed by atoms with Crippen LogP contribution in [0.1, 0.15) is 11.1 Å². The second-order valence-corrected chi connectivity index (χ2v) is 8.77. The Hall–Kier alpha value is -3.20. The highest BCUT2D eigenvalue weighted by Gasteiger charge is 2.56. The highest BCUT2D eigenvalue weighted by molar-refractivity contribution is 5.77. The second-order valence-electron chi connectivity index (χ2n) is 8.77. The Bertz CT molecular complexity index is 1040. The summed E-state index contributed by atoms with van der Waals surface area (Å²) < 4.78 is 44.1. The zero-order valence-corrected chi connectivity index (χ0v) is 18.1. The number of methoxy groups -OCH3 is 1. The smallest absolute Gasteiger partial charge is 0.416 e. The van der Waals surface area contributed by atoms with E-state index in [9.17, 15) is 18.0 Å². The molecule has 0 spiro atoms. The molecule has 1 saturated heterocycles. The number of nitrogens with zero attached hydrogens (tertiary/aromatic N) is 3. The van der Waals surface area contributed by atoms with E-state index >= 15 is 0 Å². The maximum atomic E-state index is 13.0. The van der Waals surface area contributed by atoms with E-state index in [0.29, 0.717) is 17.5 Å². The number of hydrogen-bond acceptors (Lipinski definition) is 4. The summed E-state index contributed by atoms with van der Waals surface area (Å²) in [5.41, 5.74) is 0.921. The van der Waals surface area contributed by atoms with Crippen molar-refractivity contribution in [2.45, 2.75) is 18.8 Å². The molecule has 1 aliphatic carbocycles. The molecule has 6 nitrogen and oxygen atoms in total. The Morgan fingerprint density at radius 1 is 1.09 bits per heavy atom. The van der Waals surface area contributed by atoms with E-state index < -0.39 is 11.7 Å². The molecule has 2 aromatic rings. The van der Waals surface area contributed by atoms with Gasteiger partial charge in [0.25, 0.3) is 0 Å². The number of urea groups is 1. The van der Waals surface area contributed by atoms with Crippen molar-refractivity contribution in [3.05, 3.63) is 72.1 Å². The minimum absolute atomic E-state index is 0.153. The molecular weight excluding hydrogens is 433 g/mol. The Kier molecular flexibility index (Phi) is 5.44. The van der Waals surface area contributed by atoms with Crippen LogP contribution in [0.2, 0.25) is 0 Å². The predicted octanol–water partition coefficient (Wildman–Crippen LogP) is 4.10. The van der Waals surface area contributed by atoms with Crippen LogP contribution in [0.15, 0.2) is 60.9 Å². The number of rotatable bonds is 5. The normalized spacial score (nSPS) is 24.2. The second kappa shape index (κ2) is 8.30. The van der Waals surface area contributed by atoms with Gasteiger partial charge in [0, 0.05) is 43.8 Å². The number of nitrogens with one attached hydrogen (secondary N) is 1. The molecule has 2 aliphatic heterocycles. The van der Waals surface area contributed by atoms with Crippen LogP contribution < -0.4 is 15.0 Å². The molecule has 1 N–H and O–H groups in total. The lowest BCUT2D eigenvalue weighted by Crippen LogP contribution is -2.42. The maximum absolute atomic E-state index is 13.0. The summed E-state index contributed by atoms with van der Waals surface area (Å²) in [4.78, 5) is 18.2. The van der Waals surface area contributed by atoms with Gasteiger partial charge in [0.2, 0.25) is 0 Å². The van der Waals surface area contributed by atoms with Gasteiger partial charge in [-0.15, -0.1) is 0 Å². The van der Waals surface area contributed by atoms with Crippen molar-refractivity contribution < 1.29 is 22.7 Å². The number of likely N-dealkylation sites (tertiary alicyclic amines) is 1. The molecule has 9 heteroatoms. The van der Waals surface area contributed by atoms with Crippen molar-refractivity contribution in [3.8, 4) is 5.75 Å². The third-order valence-electron chi connectivity index (χ3n) is 6.62. The lowest BCUT2D eigenvalue weighted by molar-refractivity contribution is -0.137. The van der Waals surface area contributed by atoms with E-state index in [2.05, 4.69) is 22.3 Å². The maximum Gasteiger partial charge on any atom is 0.416 e. The van der Waals surface area contributed by atoms with Crippen molar-refractivity contribution >= 4 is 11.7 Å². The SMILES string of the molecule is COc1ccc(CN2CC3C(C2)C3NC(=O)N2C=CN(c3cccc(C(F)(F)F)c3)C2)cc1. The number of fused-ring (bicyclic) bond motifs is 1. The van der Waals surface area contributed by atoms with Crippen LogP contribution in [0, 0.1) is 11.8 Å². The van der Waals surface area contributed by atoms with Crippen molar-refractivity contribution in [3.63, 3.8) is 0 Å². The number of amides is 2. The zero-order valence-electron chi connectivity index (χ0n) is 18.1. The van der Waals surface area contributed by atoms with E-state index in [4.69, 9.17) is 4.74 Å². The third-order valence-corrected chi connectivity index (χ3v) is 6.62. The molecule has 0 bridgehead atoms. The lowest BCUT2D eigenvalue weighted by atomic mass is 10.2. The van der Waals surface area contributed by atoms with Crippen LogP contribution in [0.25, 0.3) is 0 Å². The number of hydrogen-bond donors (Lipinski definition) is 1. The molecule has 2 fully saturated rings. The summed E-state index contributed by atoms with van der Waals surface area (Å²) in [5, 5.41) is 3.09. The summed E-state index contributed by atoms with van der Waals surface area (Å²) in [6.07, 6.45) is -1.18. The number of alkyl halides is 3. The topological polar surface area (TPSA) is 48.1 Å². The molecule has 5 rings (SSSR count). The molecule has 0 aromatic heterocycles. The molecule has 1 saturated carbocycles. The first-order valence-corrected chi connectivity index (χ1v) is 10.9. The van der Waals surface area contributed by atoms with Gasteiger partial charge in [-0.05, 0) is 47.7 Å². The molecular formula is C24H25F3N4O2. The quantitative estimate of drug-likeness (QED) is 0.733. The van der Waals surface area contributed by atoms with E-state index in [0.717, 1.165) is 37.5 Å². The number of piperidine rings is 1. The Labute approximate surface area is 190 Å². The molecule has 2 heterocycles. The summed E-state index contributed by atoms with van der Waals surface area (Å²) in [5.74, 6) is 1.73. The van der Waals surface area contributed by atoms with Crippen LogP contribution in [0.3, 0.4) is 0 Å². The first-order chi connectivity index (χ1) is 15.8. The van der Waals surface area contributed by atoms with Crippen molar-refractivity contribution in [1.82, 2.24) is 15.1 Å². The van der Waals surface area contributed by atoms with Gasteiger partial charge < -0.3 is 15.0 Å². The highest BCUT2D eigenvalue weighted by Crippen LogP contribution is 2.46. The molecule has 174 valence electrons. The van der Waals surface area contributed by atoms with Gasteiger partial charge in [-0.25, -0.2) is 4.79 Å². The van der Waals surface area contributed by atoms with Gasteiger partial charge in [0.1, 0.15) is 12.4 Å². The standard InChI is InChI=1S/C24H25F3N4O2/c1-33-19-7-5-16(6-8-19)12-29-13-20-21(14-29)22(20)28-23(32)31-10-9-30(15-31)18-4-2-3-17(11-18)24(25,26)27/h2-11,20-22H,12-15H2,1H3,(H,28,32). The van der Waals surface area contributed by atoms with Gasteiger partial charge in [0.15, 0.2) is 0 Å². The van der Waals surface area contributed by atoms with E-state index in [1.807, 2.05) is 12.1 Å². The Morgan fingerprint density at radius 3 is 2.48 bits per heavy atom. The zero-order chi connectivity index (χ0) is 23.2. The monoisotopic (exact) mass is 458 g/mol. The summed E-state index contributed by atoms with van der Waals surface area (Å²) >= 11 is 0. The average molecular weight is 458 g/mol. The lowest BCUT2D eigenvalue weighted by Gasteiger charge is -2.23. The molecule has 2 unspecified atom stereocenters. The number of anilines is 1. The van der Waals surface area contributed by atoms with E-state index in [1.165, 1.54) is 16.5 Å². The summed E-state index contributed by atoms with van der Waals surface area (Å²) in [6, 6.07) is 13.1. The molecule has 33 heavy (non-hydrogen) atoms. The molecule has 2 aromatic carbocycles. The van der Waals surface area contributed by atoms with Crippen molar-refractivity contribution in [1.29, 1.82) is 0 Å². The Balaban J connectivity index is 1.10. The fraction of sp³-hybridized carbons (Fsp3) is 0.375. The minimum atomic E-state index is -4.40. The molecule has 3 aliphatic rings. The van der Waals surface area contributed by atoms with Crippen molar-refractivity contribution in [2.75, 3.05) is 31.8 Å². The number of halogens is 3. The van der Waals surface area contributed by atoms with Crippen LogP contribution in [-0.4, -0.2) is 48.7 Å². The highest BCUT2D eigenvalue weighted by atomic mass is 19.4. The third kappa shape index (κ3) is 4.50. The van der Waals surface area contributed by atoms with Crippen LogP contribution >= 0.6 is 0 Å². The number of carbonyl (C=O) groups is 1. The summed E-state index contributed by atoms with van der Waals surface area (Å²) in [6.45, 7) is 2.93. The van der Waals surface area contributed by atoms with Crippen LogP contribution in [-0.2, 0) is 12.7 Å².